The summed E-state index contributed by atoms with van der Waals surface area (Å²) >= 11 is 0. The van der Waals surface area contributed by atoms with Crippen molar-refractivity contribution < 1.29 is 0 Å². The van der Waals surface area contributed by atoms with Gasteiger partial charge in [0, 0.05) is 26.4 Å². The predicted octanol–water partition coefficient (Wildman–Crippen LogP) is 4.68. The molecule has 0 aromatic heterocycles. The molecule has 2 rings (SSSR count). The van der Waals surface area contributed by atoms with Gasteiger partial charge in [-0.3, -0.25) is 0 Å². The van der Waals surface area contributed by atoms with Crippen molar-refractivity contribution in [1.82, 2.24) is 0 Å². The van der Waals surface area contributed by atoms with E-state index in [0.717, 1.165) is 5.54 Å². The third-order valence-corrected chi connectivity index (χ3v) is 8.90. The molecule has 2 aliphatic carbocycles. The second-order valence-corrected chi connectivity index (χ2v) is 21.6. The van der Waals surface area contributed by atoms with Crippen LogP contribution < -0.4 is 0 Å². The molecule has 0 aliphatic heterocycles. The zero-order chi connectivity index (χ0) is 16.5. The zero-order valence-electron chi connectivity index (χ0n) is 15.7. The van der Waals surface area contributed by atoms with Crippen molar-refractivity contribution >= 4 is 45.3 Å². The Bertz CT molecular complexity index is 504. The molecule has 0 spiro atoms. The number of allylic oxidation sites excluding steroid dienone is 8. The van der Waals surface area contributed by atoms with Crippen molar-refractivity contribution in [3.05, 3.63) is 46.6 Å². The summed E-state index contributed by atoms with van der Waals surface area (Å²) in [6.07, 6.45) is 12.2. The number of rotatable bonds is 6. The minimum absolute atomic E-state index is 0. The molecule has 0 aromatic rings. The average molecular weight is 355 g/mol. The first-order chi connectivity index (χ1) is 10.1. The van der Waals surface area contributed by atoms with Gasteiger partial charge < -0.3 is 0 Å². The minimum atomic E-state index is -1.02. The fraction of sp³-hybridized carbons (Fsp3) is 0.579. The molecule has 0 N–H and O–H groups in total. The summed E-state index contributed by atoms with van der Waals surface area (Å²) in [4.78, 5) is 0. The van der Waals surface area contributed by atoms with Crippen LogP contribution in [0.2, 0.25) is 56.9 Å². The Morgan fingerprint density at radius 2 is 1.17 bits per heavy atom. The first-order valence-electron chi connectivity index (χ1n) is 8.84. The van der Waals surface area contributed by atoms with Crippen molar-refractivity contribution in [2.45, 2.75) is 69.8 Å². The summed E-state index contributed by atoms with van der Waals surface area (Å²) in [5, 5.41) is 0. The average Bonchev–Trinajstić information content (AvgIpc) is 2.93. The quantitative estimate of drug-likeness (QED) is 0.607. The van der Waals surface area contributed by atoms with E-state index in [1.165, 1.54) is 35.2 Å². The summed E-state index contributed by atoms with van der Waals surface area (Å²) in [6, 6.07) is 2.73. The van der Waals surface area contributed by atoms with Crippen LogP contribution in [0.15, 0.2) is 46.6 Å². The normalized spacial score (nSPS) is 18.6. The first kappa shape index (κ1) is 21.3. The summed E-state index contributed by atoms with van der Waals surface area (Å²) < 4.78 is 0. The molecule has 4 heteroatoms. The van der Waals surface area contributed by atoms with Crippen LogP contribution >= 0.6 is 0 Å². The Labute approximate surface area is 161 Å². The van der Waals surface area contributed by atoms with Gasteiger partial charge in [0.2, 0.25) is 0 Å². The molecule has 0 bridgehead atoms. The third kappa shape index (κ3) is 6.21. The molecule has 124 valence electrons. The Morgan fingerprint density at radius 1 is 0.826 bits per heavy atom. The van der Waals surface area contributed by atoms with Crippen molar-refractivity contribution in [1.29, 1.82) is 0 Å². The van der Waals surface area contributed by atoms with Crippen molar-refractivity contribution in [3.8, 4) is 0 Å². The fourth-order valence-electron chi connectivity index (χ4n) is 3.74. The van der Waals surface area contributed by atoms with Crippen LogP contribution in [0.3, 0.4) is 0 Å². The van der Waals surface area contributed by atoms with E-state index in [-0.39, 0.29) is 18.9 Å². The molecule has 0 saturated heterocycles. The molecule has 0 radical (unpaired) electrons. The Balaban J connectivity index is 0.00000264. The van der Waals surface area contributed by atoms with E-state index in [4.69, 9.17) is 0 Å². The molecular formula is C19H35LiSi3. The van der Waals surface area contributed by atoms with Crippen molar-refractivity contribution in [2.24, 2.45) is 0 Å². The van der Waals surface area contributed by atoms with Gasteiger partial charge in [0.25, 0.3) is 0 Å². The van der Waals surface area contributed by atoms with E-state index in [1.54, 1.807) is 22.3 Å². The van der Waals surface area contributed by atoms with E-state index in [1.807, 2.05) is 0 Å². The van der Waals surface area contributed by atoms with Gasteiger partial charge in [0.1, 0.15) is 0 Å². The van der Waals surface area contributed by atoms with Gasteiger partial charge in [-0.2, -0.15) is 0 Å². The standard InChI is InChI=1S/C19H34Si3.Li.H/c1-21(2,3)13-15-9-7-11-17(15)19(20)18-12-8-10-16(18)14-22(4,5)6;;/h7-10,19H,11-14H2,1-6,20H3;;. The summed E-state index contributed by atoms with van der Waals surface area (Å²) in [5.74, 6) is 0. The fourth-order valence-corrected chi connectivity index (χ4v) is 7.93. The zero-order valence-corrected chi connectivity index (χ0v) is 19.7. The number of hydrogen-bond donors (Lipinski definition) is 0. The van der Waals surface area contributed by atoms with E-state index in [9.17, 15) is 0 Å². The van der Waals surface area contributed by atoms with Crippen LogP contribution in [-0.2, 0) is 0 Å². The van der Waals surface area contributed by atoms with Crippen LogP contribution in [0.5, 0.6) is 0 Å². The van der Waals surface area contributed by atoms with Crippen molar-refractivity contribution in [2.75, 3.05) is 0 Å². The maximum absolute atomic E-state index is 2.50. The molecule has 0 atom stereocenters. The predicted molar refractivity (Wildman–Crippen MR) is 119 cm³/mol. The van der Waals surface area contributed by atoms with Crippen LogP contribution in [0.1, 0.15) is 12.8 Å². The SMILES string of the molecule is C[Si](C)(C)CC1=C(C([SiH3])C2=C(C[Si](C)(C)C)C=CC2)CC=C1.[LiH]. The molecule has 0 aromatic carbocycles. The Kier molecular flexibility index (Phi) is 7.45. The molecule has 0 amide bonds. The molecule has 0 saturated carbocycles. The van der Waals surface area contributed by atoms with E-state index >= 15 is 0 Å². The van der Waals surface area contributed by atoms with Crippen LogP contribution in [-0.4, -0.2) is 45.3 Å². The van der Waals surface area contributed by atoms with Gasteiger partial charge in [0.05, 0.1) is 0 Å². The Morgan fingerprint density at radius 3 is 1.48 bits per heavy atom. The monoisotopic (exact) mass is 354 g/mol. The van der Waals surface area contributed by atoms with Gasteiger partial charge in [-0.25, -0.2) is 0 Å². The van der Waals surface area contributed by atoms with E-state index in [2.05, 4.69) is 63.6 Å². The summed E-state index contributed by atoms with van der Waals surface area (Å²) in [6.45, 7) is 15.0. The number of hydrogen-bond acceptors (Lipinski definition) is 0. The van der Waals surface area contributed by atoms with E-state index in [0.29, 0.717) is 0 Å². The van der Waals surface area contributed by atoms with Gasteiger partial charge >= 0.3 is 18.9 Å². The molecule has 0 unspecified atom stereocenters. The van der Waals surface area contributed by atoms with Crippen LogP contribution in [0.4, 0.5) is 0 Å². The Hall–Kier alpha value is 0.208. The van der Waals surface area contributed by atoms with Gasteiger partial charge in [0.15, 0.2) is 0 Å². The van der Waals surface area contributed by atoms with Gasteiger partial charge in [-0.05, 0) is 30.5 Å². The molecule has 2 aliphatic rings. The van der Waals surface area contributed by atoms with Crippen LogP contribution in [0.25, 0.3) is 0 Å². The summed E-state index contributed by atoms with van der Waals surface area (Å²) in [7, 11) is -0.778. The van der Waals surface area contributed by atoms with Crippen molar-refractivity contribution in [3.63, 3.8) is 0 Å². The van der Waals surface area contributed by atoms with Gasteiger partial charge in [-0.1, -0.05) is 85.9 Å². The molecule has 0 heterocycles. The van der Waals surface area contributed by atoms with Crippen LogP contribution in [0, 0.1) is 0 Å². The molecule has 0 fully saturated rings. The molecule has 0 nitrogen and oxygen atoms in total. The second kappa shape index (κ2) is 8.06. The molecular weight excluding hydrogens is 319 g/mol. The van der Waals surface area contributed by atoms with Gasteiger partial charge in [-0.15, -0.1) is 0 Å². The third-order valence-electron chi connectivity index (χ3n) is 4.63. The maximum atomic E-state index is 2.50. The summed E-state index contributed by atoms with van der Waals surface area (Å²) in [5.41, 5.74) is 7.74. The topological polar surface area (TPSA) is 0 Å². The second-order valence-electron chi connectivity index (χ2n) is 9.51. The van der Waals surface area contributed by atoms with E-state index < -0.39 is 16.1 Å². The molecule has 23 heavy (non-hydrogen) atoms. The first-order valence-corrected chi connectivity index (χ1v) is 17.4.